The predicted octanol–water partition coefficient (Wildman–Crippen LogP) is 1.27. The highest BCUT2D eigenvalue weighted by molar-refractivity contribution is 7.80. The van der Waals surface area contributed by atoms with Crippen molar-refractivity contribution < 1.29 is 4.92 Å². The van der Waals surface area contributed by atoms with Crippen molar-refractivity contribution in [1.29, 1.82) is 0 Å². The first-order valence-corrected chi connectivity index (χ1v) is 4.08. The first-order valence-electron chi connectivity index (χ1n) is 3.45. The average Bonchev–Trinajstić information content (AvgIpc) is 2.15. The number of thiol groups is 1. The van der Waals surface area contributed by atoms with E-state index in [1.54, 1.807) is 0 Å². The minimum atomic E-state index is -0.504. The molecule has 0 atom stereocenters. The zero-order valence-electron chi connectivity index (χ0n) is 6.60. The molecule has 1 heterocycles. The average molecular weight is 194 g/mol. The summed E-state index contributed by atoms with van der Waals surface area (Å²) in [5, 5.41) is 10.5. The smallest absolute Gasteiger partial charge is 0.258 e. The standard InChI is InChI=1S/C8H6N2O2S/c11-10(12)8-4-1-5-9-7(8)3-2-6-13/h1,4-5,13H,6H2. The van der Waals surface area contributed by atoms with Crippen molar-refractivity contribution in [2.24, 2.45) is 0 Å². The minimum Gasteiger partial charge on any atom is -0.258 e. The van der Waals surface area contributed by atoms with Crippen LogP contribution < -0.4 is 0 Å². The van der Waals surface area contributed by atoms with Crippen LogP contribution in [-0.4, -0.2) is 15.7 Å². The van der Waals surface area contributed by atoms with Crippen LogP contribution in [0, 0.1) is 22.0 Å². The molecule has 0 amide bonds. The Labute approximate surface area is 80.6 Å². The Balaban J connectivity index is 3.12. The van der Waals surface area contributed by atoms with E-state index >= 15 is 0 Å². The van der Waals surface area contributed by atoms with Crippen molar-refractivity contribution in [3.05, 3.63) is 34.1 Å². The summed E-state index contributed by atoms with van der Waals surface area (Å²) in [7, 11) is 0. The molecule has 0 saturated carbocycles. The maximum Gasteiger partial charge on any atom is 0.303 e. The van der Waals surface area contributed by atoms with Gasteiger partial charge in [-0.15, -0.1) is 0 Å². The van der Waals surface area contributed by atoms with Gasteiger partial charge in [0.15, 0.2) is 5.69 Å². The van der Waals surface area contributed by atoms with Crippen molar-refractivity contribution in [2.45, 2.75) is 0 Å². The van der Waals surface area contributed by atoms with Gasteiger partial charge in [-0.2, -0.15) is 12.6 Å². The lowest BCUT2D eigenvalue weighted by atomic mass is 10.3. The lowest BCUT2D eigenvalue weighted by Gasteiger charge is -1.91. The number of pyridine rings is 1. The molecule has 0 N–H and O–H groups in total. The molecule has 0 radical (unpaired) electrons. The van der Waals surface area contributed by atoms with Crippen LogP contribution in [-0.2, 0) is 0 Å². The van der Waals surface area contributed by atoms with Crippen LogP contribution in [0.25, 0.3) is 0 Å². The van der Waals surface area contributed by atoms with Gasteiger partial charge in [0.1, 0.15) is 0 Å². The topological polar surface area (TPSA) is 56.0 Å². The summed E-state index contributed by atoms with van der Waals surface area (Å²) >= 11 is 3.87. The van der Waals surface area contributed by atoms with Crippen molar-refractivity contribution in [3.8, 4) is 11.8 Å². The van der Waals surface area contributed by atoms with Gasteiger partial charge in [0.05, 0.1) is 10.7 Å². The van der Waals surface area contributed by atoms with Gasteiger partial charge < -0.3 is 0 Å². The molecule has 1 aromatic rings. The highest BCUT2D eigenvalue weighted by Crippen LogP contribution is 2.12. The molecule has 0 saturated heterocycles. The van der Waals surface area contributed by atoms with Gasteiger partial charge in [-0.25, -0.2) is 4.98 Å². The van der Waals surface area contributed by atoms with Gasteiger partial charge in [-0.3, -0.25) is 10.1 Å². The molecule has 0 unspecified atom stereocenters. The summed E-state index contributed by atoms with van der Waals surface area (Å²) in [5.74, 6) is 5.53. The molecule has 13 heavy (non-hydrogen) atoms. The van der Waals surface area contributed by atoms with Crippen molar-refractivity contribution in [2.75, 3.05) is 5.75 Å². The number of aromatic nitrogens is 1. The van der Waals surface area contributed by atoms with Crippen LogP contribution in [0.5, 0.6) is 0 Å². The Kier molecular flexibility index (Phi) is 3.29. The molecule has 0 aromatic carbocycles. The Morgan fingerprint density at radius 2 is 2.46 bits per heavy atom. The first kappa shape index (κ1) is 9.55. The van der Waals surface area contributed by atoms with Crippen LogP contribution in [0.4, 0.5) is 5.69 Å². The fourth-order valence-electron chi connectivity index (χ4n) is 0.764. The van der Waals surface area contributed by atoms with Gasteiger partial charge in [-0.1, -0.05) is 5.92 Å². The first-order chi connectivity index (χ1) is 6.25. The maximum absolute atomic E-state index is 10.5. The second-order valence-electron chi connectivity index (χ2n) is 2.09. The third-order valence-corrected chi connectivity index (χ3v) is 1.43. The van der Waals surface area contributed by atoms with Gasteiger partial charge in [0.2, 0.25) is 0 Å². The molecule has 0 aliphatic rings. The Hall–Kier alpha value is -1.54. The normalized spacial score (nSPS) is 8.69. The van der Waals surface area contributed by atoms with Crippen LogP contribution >= 0.6 is 12.6 Å². The summed E-state index contributed by atoms with van der Waals surface area (Å²) in [6.07, 6.45) is 1.47. The maximum atomic E-state index is 10.5. The molecule has 4 nitrogen and oxygen atoms in total. The lowest BCUT2D eigenvalue weighted by molar-refractivity contribution is -0.385. The fourth-order valence-corrected chi connectivity index (χ4v) is 0.843. The van der Waals surface area contributed by atoms with Crippen LogP contribution in [0.2, 0.25) is 0 Å². The van der Waals surface area contributed by atoms with E-state index < -0.39 is 4.92 Å². The van der Waals surface area contributed by atoms with E-state index in [0.717, 1.165) is 0 Å². The van der Waals surface area contributed by atoms with E-state index in [0.29, 0.717) is 5.75 Å². The summed E-state index contributed by atoms with van der Waals surface area (Å²) in [6, 6.07) is 2.87. The van der Waals surface area contributed by atoms with Crippen LogP contribution in [0.1, 0.15) is 5.69 Å². The Bertz CT molecular complexity index is 381. The van der Waals surface area contributed by atoms with Gasteiger partial charge in [-0.05, 0) is 12.0 Å². The van der Waals surface area contributed by atoms with E-state index in [1.165, 1.54) is 18.3 Å². The molecule has 0 spiro atoms. The number of nitro groups is 1. The monoisotopic (exact) mass is 194 g/mol. The Morgan fingerprint density at radius 3 is 3.08 bits per heavy atom. The van der Waals surface area contributed by atoms with Crippen molar-refractivity contribution in [3.63, 3.8) is 0 Å². The second kappa shape index (κ2) is 4.48. The molecular weight excluding hydrogens is 188 g/mol. The molecule has 5 heteroatoms. The number of nitrogens with zero attached hydrogens (tertiary/aromatic N) is 2. The molecule has 1 rings (SSSR count). The number of hydrogen-bond acceptors (Lipinski definition) is 4. The zero-order valence-corrected chi connectivity index (χ0v) is 7.49. The molecule has 0 aliphatic heterocycles. The van der Waals surface area contributed by atoms with Gasteiger partial charge in [0, 0.05) is 12.3 Å². The van der Waals surface area contributed by atoms with E-state index in [-0.39, 0.29) is 11.4 Å². The van der Waals surface area contributed by atoms with E-state index in [4.69, 9.17) is 0 Å². The molecule has 0 bridgehead atoms. The number of rotatable bonds is 1. The summed E-state index contributed by atoms with van der Waals surface area (Å²) in [6.45, 7) is 0. The summed E-state index contributed by atoms with van der Waals surface area (Å²) in [4.78, 5) is 13.7. The lowest BCUT2D eigenvalue weighted by Crippen LogP contribution is -1.93. The zero-order chi connectivity index (χ0) is 9.68. The molecule has 0 aliphatic carbocycles. The molecule has 0 fully saturated rings. The highest BCUT2D eigenvalue weighted by Gasteiger charge is 2.10. The highest BCUT2D eigenvalue weighted by atomic mass is 32.1. The third kappa shape index (κ3) is 2.46. The van der Waals surface area contributed by atoms with E-state index in [9.17, 15) is 10.1 Å². The van der Waals surface area contributed by atoms with Crippen molar-refractivity contribution in [1.82, 2.24) is 4.98 Å². The molecular formula is C8H6N2O2S. The summed E-state index contributed by atoms with van der Waals surface area (Å²) in [5.41, 5.74) is 0.110. The van der Waals surface area contributed by atoms with Crippen LogP contribution in [0.3, 0.4) is 0 Å². The second-order valence-corrected chi connectivity index (χ2v) is 2.40. The van der Waals surface area contributed by atoms with Crippen molar-refractivity contribution >= 4 is 18.3 Å². The molecule has 66 valence electrons. The molecule has 1 aromatic heterocycles. The predicted molar refractivity (Wildman–Crippen MR) is 51.6 cm³/mol. The van der Waals surface area contributed by atoms with Gasteiger partial charge in [0.25, 0.3) is 0 Å². The SMILES string of the molecule is O=[N+]([O-])c1cccnc1C#CCS. The number of hydrogen-bond donors (Lipinski definition) is 1. The minimum absolute atomic E-state index is 0.0724. The van der Waals surface area contributed by atoms with E-state index in [2.05, 4.69) is 29.5 Å². The summed E-state index contributed by atoms with van der Waals surface area (Å²) < 4.78 is 0. The van der Waals surface area contributed by atoms with Gasteiger partial charge >= 0.3 is 5.69 Å². The third-order valence-electron chi connectivity index (χ3n) is 1.27. The van der Waals surface area contributed by atoms with E-state index in [1.807, 2.05) is 0 Å². The largest absolute Gasteiger partial charge is 0.303 e. The van der Waals surface area contributed by atoms with Crippen LogP contribution in [0.15, 0.2) is 18.3 Å². The quantitative estimate of drug-likeness (QED) is 0.317. The fraction of sp³-hybridized carbons (Fsp3) is 0.125. The Morgan fingerprint density at radius 1 is 1.69 bits per heavy atom.